The van der Waals surface area contributed by atoms with E-state index in [1.807, 2.05) is 23.3 Å². The van der Waals surface area contributed by atoms with Crippen LogP contribution in [0.3, 0.4) is 0 Å². The molecule has 0 saturated carbocycles. The highest BCUT2D eigenvalue weighted by atomic mass is 32.2. The van der Waals surface area contributed by atoms with Gasteiger partial charge in [0.15, 0.2) is 0 Å². The van der Waals surface area contributed by atoms with Crippen LogP contribution in [-0.4, -0.2) is 64.0 Å². The third-order valence-electron chi connectivity index (χ3n) is 4.71. The predicted octanol–water partition coefficient (Wildman–Crippen LogP) is 1.74. The van der Waals surface area contributed by atoms with Gasteiger partial charge in [-0.15, -0.1) is 0 Å². The number of hydrogen-bond acceptors (Lipinski definition) is 5. The summed E-state index contributed by atoms with van der Waals surface area (Å²) in [4.78, 5) is 9.12. The van der Waals surface area contributed by atoms with Crippen LogP contribution >= 0.6 is 0 Å². The summed E-state index contributed by atoms with van der Waals surface area (Å²) >= 11 is 0. The highest BCUT2D eigenvalue weighted by molar-refractivity contribution is 7.86. The van der Waals surface area contributed by atoms with Crippen molar-refractivity contribution in [2.24, 2.45) is 0 Å². The largest absolute Gasteiger partial charge is 0.281 e. The third kappa shape index (κ3) is 3.94. The molecule has 3 rings (SSSR count). The van der Waals surface area contributed by atoms with Gasteiger partial charge in [-0.05, 0) is 19.3 Å². The van der Waals surface area contributed by atoms with Crippen LogP contribution in [0, 0.1) is 0 Å². The van der Waals surface area contributed by atoms with Crippen LogP contribution in [0.25, 0.3) is 11.3 Å². The molecule has 1 saturated heterocycles. The van der Waals surface area contributed by atoms with Crippen molar-refractivity contribution in [2.45, 2.75) is 38.6 Å². The standard InChI is InChI=1S/C17H26N6O2S/c1-4-7-22-13-15(10-20-22)17-12-18-16(11-19-17)14-5-8-23(9-6-14)26(24,25)21(2)3/h10-14H,4-9H2,1-3H3. The van der Waals surface area contributed by atoms with Gasteiger partial charge in [0.25, 0.3) is 10.2 Å². The highest BCUT2D eigenvalue weighted by Crippen LogP contribution is 2.28. The van der Waals surface area contributed by atoms with Crippen LogP contribution in [0.1, 0.15) is 37.8 Å². The number of aryl methyl sites for hydroxylation is 1. The Morgan fingerprint density at radius 1 is 1.15 bits per heavy atom. The van der Waals surface area contributed by atoms with Gasteiger partial charge in [-0.25, -0.2) is 0 Å². The summed E-state index contributed by atoms with van der Waals surface area (Å²) in [6.45, 7) is 4.03. The fourth-order valence-electron chi connectivity index (χ4n) is 3.16. The van der Waals surface area contributed by atoms with E-state index in [4.69, 9.17) is 0 Å². The first kappa shape index (κ1) is 18.9. The topological polar surface area (TPSA) is 84.2 Å². The van der Waals surface area contributed by atoms with Gasteiger partial charge in [-0.1, -0.05) is 6.92 Å². The average Bonchev–Trinajstić information content (AvgIpc) is 3.11. The van der Waals surface area contributed by atoms with Crippen LogP contribution in [0.2, 0.25) is 0 Å². The van der Waals surface area contributed by atoms with Crippen molar-refractivity contribution in [3.05, 3.63) is 30.5 Å². The molecule has 0 radical (unpaired) electrons. The van der Waals surface area contributed by atoms with Crippen LogP contribution in [-0.2, 0) is 16.8 Å². The molecule has 0 spiro atoms. The molecule has 1 fully saturated rings. The van der Waals surface area contributed by atoms with Gasteiger partial charge in [0.05, 0.1) is 23.8 Å². The Kier molecular flexibility index (Phi) is 5.69. The van der Waals surface area contributed by atoms with E-state index < -0.39 is 10.2 Å². The minimum absolute atomic E-state index is 0.243. The molecule has 8 nitrogen and oxygen atoms in total. The molecule has 2 aromatic rings. The van der Waals surface area contributed by atoms with Gasteiger partial charge in [-0.2, -0.15) is 22.1 Å². The molecule has 1 aliphatic rings. The van der Waals surface area contributed by atoms with Gasteiger partial charge in [-0.3, -0.25) is 14.6 Å². The minimum atomic E-state index is -3.33. The second-order valence-electron chi connectivity index (χ2n) is 6.78. The summed E-state index contributed by atoms with van der Waals surface area (Å²) in [6, 6.07) is 0. The smallest absolute Gasteiger partial charge is 0.272 e. The fourth-order valence-corrected chi connectivity index (χ4v) is 4.29. The lowest BCUT2D eigenvalue weighted by molar-refractivity contribution is 0.300. The molecule has 142 valence electrons. The summed E-state index contributed by atoms with van der Waals surface area (Å²) in [7, 11) is -0.202. The Labute approximate surface area is 155 Å². The number of aromatic nitrogens is 4. The van der Waals surface area contributed by atoms with E-state index >= 15 is 0 Å². The lowest BCUT2D eigenvalue weighted by atomic mass is 9.95. The molecule has 2 aromatic heterocycles. The fraction of sp³-hybridized carbons (Fsp3) is 0.588. The summed E-state index contributed by atoms with van der Waals surface area (Å²) < 4.78 is 29.1. The van der Waals surface area contributed by atoms with E-state index in [1.54, 1.807) is 20.3 Å². The summed E-state index contributed by atoms with van der Waals surface area (Å²) in [6.07, 6.45) is 9.94. The first-order chi connectivity index (χ1) is 12.4. The van der Waals surface area contributed by atoms with E-state index in [1.165, 1.54) is 8.61 Å². The number of nitrogens with zero attached hydrogens (tertiary/aromatic N) is 6. The molecule has 0 unspecified atom stereocenters. The molecule has 0 amide bonds. The van der Waals surface area contributed by atoms with Crippen LogP contribution in [0.15, 0.2) is 24.8 Å². The monoisotopic (exact) mass is 378 g/mol. The zero-order chi connectivity index (χ0) is 18.7. The van der Waals surface area contributed by atoms with Crippen molar-refractivity contribution in [2.75, 3.05) is 27.2 Å². The van der Waals surface area contributed by atoms with Crippen molar-refractivity contribution in [1.29, 1.82) is 0 Å². The second kappa shape index (κ2) is 7.81. The molecule has 9 heteroatoms. The van der Waals surface area contributed by atoms with Gasteiger partial charge in [0.1, 0.15) is 0 Å². The molecule has 0 N–H and O–H groups in total. The molecule has 0 bridgehead atoms. The lowest BCUT2D eigenvalue weighted by Gasteiger charge is -2.32. The Morgan fingerprint density at radius 3 is 2.46 bits per heavy atom. The summed E-state index contributed by atoms with van der Waals surface area (Å²) in [5.74, 6) is 0.243. The van der Waals surface area contributed by atoms with Crippen molar-refractivity contribution in [3.8, 4) is 11.3 Å². The van der Waals surface area contributed by atoms with Gasteiger partial charge >= 0.3 is 0 Å². The van der Waals surface area contributed by atoms with E-state index in [0.29, 0.717) is 13.1 Å². The molecule has 0 aliphatic carbocycles. The van der Waals surface area contributed by atoms with Crippen molar-refractivity contribution in [3.63, 3.8) is 0 Å². The molecule has 0 atom stereocenters. The first-order valence-corrected chi connectivity index (χ1v) is 10.3. The van der Waals surface area contributed by atoms with Crippen LogP contribution in [0.4, 0.5) is 0 Å². The number of piperidine rings is 1. The van der Waals surface area contributed by atoms with E-state index in [2.05, 4.69) is 22.0 Å². The Hall–Kier alpha value is -1.84. The SMILES string of the molecule is CCCn1cc(-c2cnc(C3CCN(S(=O)(=O)N(C)C)CC3)cn2)cn1. The molecule has 26 heavy (non-hydrogen) atoms. The van der Waals surface area contributed by atoms with Gasteiger partial charge < -0.3 is 0 Å². The zero-order valence-corrected chi connectivity index (χ0v) is 16.4. The van der Waals surface area contributed by atoms with Crippen molar-refractivity contribution >= 4 is 10.2 Å². The third-order valence-corrected chi connectivity index (χ3v) is 6.65. The maximum atomic E-state index is 12.2. The highest BCUT2D eigenvalue weighted by Gasteiger charge is 2.30. The molecular weight excluding hydrogens is 352 g/mol. The van der Waals surface area contributed by atoms with Crippen LogP contribution in [0.5, 0.6) is 0 Å². The number of rotatable bonds is 6. The minimum Gasteiger partial charge on any atom is -0.272 e. The van der Waals surface area contributed by atoms with Gasteiger partial charge in [0, 0.05) is 57.6 Å². The summed E-state index contributed by atoms with van der Waals surface area (Å²) in [5, 5.41) is 4.32. The molecule has 0 aromatic carbocycles. The van der Waals surface area contributed by atoms with Crippen LogP contribution < -0.4 is 0 Å². The normalized spacial score (nSPS) is 17.1. The Balaban J connectivity index is 1.64. The zero-order valence-electron chi connectivity index (χ0n) is 15.5. The van der Waals surface area contributed by atoms with Crippen molar-refractivity contribution < 1.29 is 8.42 Å². The van der Waals surface area contributed by atoms with E-state index in [-0.39, 0.29) is 5.92 Å². The maximum Gasteiger partial charge on any atom is 0.281 e. The van der Waals surface area contributed by atoms with E-state index in [0.717, 1.165) is 42.8 Å². The Morgan fingerprint density at radius 2 is 1.88 bits per heavy atom. The quantitative estimate of drug-likeness (QED) is 0.764. The predicted molar refractivity (Wildman–Crippen MR) is 99.7 cm³/mol. The molecular formula is C17H26N6O2S. The molecule has 3 heterocycles. The lowest BCUT2D eigenvalue weighted by Crippen LogP contribution is -2.44. The summed E-state index contributed by atoms with van der Waals surface area (Å²) in [5.41, 5.74) is 2.70. The first-order valence-electron chi connectivity index (χ1n) is 8.94. The maximum absolute atomic E-state index is 12.2. The Bertz CT molecular complexity index is 823. The van der Waals surface area contributed by atoms with Crippen molar-refractivity contribution in [1.82, 2.24) is 28.4 Å². The number of hydrogen-bond donors (Lipinski definition) is 0. The van der Waals surface area contributed by atoms with Gasteiger partial charge in [0.2, 0.25) is 0 Å². The molecule has 1 aliphatic heterocycles. The average molecular weight is 379 g/mol. The van der Waals surface area contributed by atoms with E-state index in [9.17, 15) is 8.42 Å². The second-order valence-corrected chi connectivity index (χ2v) is 8.92.